The van der Waals surface area contributed by atoms with E-state index in [0.717, 1.165) is 38.8 Å². The summed E-state index contributed by atoms with van der Waals surface area (Å²) in [5.74, 6) is 6.93. The monoisotopic (exact) mass is 454 g/mol. The van der Waals surface area contributed by atoms with Crippen molar-refractivity contribution in [2.24, 2.45) is 0 Å². The first kappa shape index (κ1) is 21.0. The van der Waals surface area contributed by atoms with Crippen molar-refractivity contribution in [1.82, 2.24) is 10.0 Å². The van der Waals surface area contributed by atoms with E-state index in [1.165, 1.54) is 5.06 Å². The number of urea groups is 1. The van der Waals surface area contributed by atoms with Crippen LogP contribution in [0.4, 0.5) is 16.3 Å². The molecular weight excluding hydrogens is 432 g/mol. The molecule has 2 aromatic heterocycles. The molecule has 3 heterocycles. The van der Waals surface area contributed by atoms with Crippen molar-refractivity contribution in [3.8, 4) is 11.8 Å². The van der Waals surface area contributed by atoms with E-state index in [0.29, 0.717) is 18.1 Å². The maximum absolute atomic E-state index is 13.0. The fourth-order valence-corrected chi connectivity index (χ4v) is 4.79. The van der Waals surface area contributed by atoms with Crippen LogP contribution in [0.1, 0.15) is 34.7 Å². The van der Waals surface area contributed by atoms with Gasteiger partial charge in [0.1, 0.15) is 5.82 Å². The van der Waals surface area contributed by atoms with E-state index in [1.807, 2.05) is 66.9 Å². The Morgan fingerprint density at radius 2 is 2.00 bits per heavy atom. The van der Waals surface area contributed by atoms with Crippen LogP contribution in [0, 0.1) is 18.8 Å². The zero-order valence-corrected chi connectivity index (χ0v) is 18.9. The van der Waals surface area contributed by atoms with Gasteiger partial charge in [0.2, 0.25) is 0 Å². The molecule has 1 saturated heterocycles. The molecule has 2 aromatic carbocycles. The van der Waals surface area contributed by atoms with Gasteiger partial charge in [-0.3, -0.25) is 4.84 Å². The molecule has 1 fully saturated rings. The predicted octanol–water partition coefficient (Wildman–Crippen LogP) is 5.50. The summed E-state index contributed by atoms with van der Waals surface area (Å²) in [6, 6.07) is 17.1. The lowest BCUT2D eigenvalue weighted by Crippen LogP contribution is -2.33. The molecule has 1 aliphatic heterocycles. The largest absolute Gasteiger partial charge is 0.383 e. The SMILES string of the molecule is Cc1ccc(NC(=O)N2OCC[C@@H]2c2ccccc2)cc1C#Cc1csc2ccnc(N)c12. The summed E-state index contributed by atoms with van der Waals surface area (Å²) in [7, 11) is 0. The van der Waals surface area contributed by atoms with E-state index < -0.39 is 0 Å². The van der Waals surface area contributed by atoms with Crippen LogP contribution in [0.5, 0.6) is 0 Å². The number of rotatable bonds is 2. The molecule has 2 amide bonds. The molecule has 5 rings (SSSR count). The third kappa shape index (κ3) is 4.27. The first-order valence-electron chi connectivity index (χ1n) is 10.6. The molecule has 7 heteroatoms. The Morgan fingerprint density at radius 3 is 2.85 bits per heavy atom. The molecule has 0 bridgehead atoms. The molecular formula is C26H22N4O2S. The van der Waals surface area contributed by atoms with E-state index in [-0.39, 0.29) is 12.1 Å². The van der Waals surface area contributed by atoms with Gasteiger partial charge in [-0.05, 0) is 36.2 Å². The maximum Gasteiger partial charge on any atom is 0.346 e. The van der Waals surface area contributed by atoms with Gasteiger partial charge >= 0.3 is 6.03 Å². The van der Waals surface area contributed by atoms with Crippen molar-refractivity contribution in [3.05, 3.63) is 88.4 Å². The van der Waals surface area contributed by atoms with Crippen LogP contribution in [-0.2, 0) is 4.84 Å². The summed E-state index contributed by atoms with van der Waals surface area (Å²) in [5.41, 5.74) is 10.5. The molecule has 6 nitrogen and oxygen atoms in total. The average molecular weight is 455 g/mol. The molecule has 0 aliphatic carbocycles. The average Bonchev–Trinajstić information content (AvgIpc) is 3.48. The number of hydrogen-bond acceptors (Lipinski definition) is 5. The number of nitrogens with two attached hydrogens (primary N) is 1. The van der Waals surface area contributed by atoms with E-state index in [9.17, 15) is 4.79 Å². The molecule has 4 aromatic rings. The number of anilines is 2. The van der Waals surface area contributed by atoms with Crippen molar-refractivity contribution in [2.45, 2.75) is 19.4 Å². The minimum Gasteiger partial charge on any atom is -0.383 e. The number of nitrogens with zero attached hydrogens (tertiary/aromatic N) is 2. The van der Waals surface area contributed by atoms with Crippen LogP contribution in [0.3, 0.4) is 0 Å². The van der Waals surface area contributed by atoms with Gasteiger partial charge in [-0.2, -0.15) is 5.06 Å². The van der Waals surface area contributed by atoms with Gasteiger partial charge in [0.15, 0.2) is 0 Å². The highest BCUT2D eigenvalue weighted by molar-refractivity contribution is 7.17. The van der Waals surface area contributed by atoms with Crippen LogP contribution in [0.2, 0.25) is 0 Å². The summed E-state index contributed by atoms with van der Waals surface area (Å²) in [6.07, 6.45) is 2.46. The number of aryl methyl sites for hydroxylation is 1. The quantitative estimate of drug-likeness (QED) is 0.392. The second-order valence-corrected chi connectivity index (χ2v) is 8.71. The van der Waals surface area contributed by atoms with Gasteiger partial charge in [-0.15, -0.1) is 11.3 Å². The fourth-order valence-electron chi connectivity index (χ4n) is 3.90. The molecule has 1 atom stereocenters. The minimum atomic E-state index is -0.299. The van der Waals surface area contributed by atoms with Gasteiger partial charge in [-0.1, -0.05) is 48.2 Å². The minimum absolute atomic E-state index is 0.109. The lowest BCUT2D eigenvalue weighted by atomic mass is 10.1. The third-order valence-electron chi connectivity index (χ3n) is 5.63. The third-order valence-corrected chi connectivity index (χ3v) is 6.57. The molecule has 0 unspecified atom stereocenters. The smallest absolute Gasteiger partial charge is 0.346 e. The van der Waals surface area contributed by atoms with E-state index in [1.54, 1.807) is 17.5 Å². The Hall–Kier alpha value is -3.86. The maximum atomic E-state index is 13.0. The Bertz CT molecular complexity index is 1390. The molecule has 0 saturated carbocycles. The van der Waals surface area contributed by atoms with Crippen molar-refractivity contribution in [3.63, 3.8) is 0 Å². The van der Waals surface area contributed by atoms with Crippen LogP contribution in [-0.4, -0.2) is 22.7 Å². The molecule has 3 N–H and O–H groups in total. The second-order valence-electron chi connectivity index (χ2n) is 7.80. The van der Waals surface area contributed by atoms with Crippen molar-refractivity contribution >= 4 is 39.0 Å². The number of carbonyl (C=O) groups is 1. The van der Waals surface area contributed by atoms with Gasteiger partial charge in [0.25, 0.3) is 0 Å². The zero-order chi connectivity index (χ0) is 22.8. The standard InChI is InChI=1S/C26H22N4O2S/c1-17-7-10-21(29-26(31)30-22(12-14-32-30)18-5-3-2-4-6-18)15-19(17)8-9-20-16-33-23-11-13-28-25(27)24(20)23/h2-7,10-11,13,15-16,22H,12,14H2,1H3,(H2,27,28)(H,29,31)/t22-/m1/s1. The molecule has 164 valence electrons. The van der Waals surface area contributed by atoms with E-state index >= 15 is 0 Å². The number of hydrogen-bond donors (Lipinski definition) is 2. The molecule has 0 radical (unpaired) electrons. The Kier molecular flexibility index (Phi) is 5.69. The van der Waals surface area contributed by atoms with Gasteiger partial charge in [-0.25, -0.2) is 9.78 Å². The van der Waals surface area contributed by atoms with E-state index in [4.69, 9.17) is 10.6 Å². The zero-order valence-electron chi connectivity index (χ0n) is 18.0. The van der Waals surface area contributed by atoms with Gasteiger partial charge < -0.3 is 11.1 Å². The first-order valence-corrected chi connectivity index (χ1v) is 11.5. The number of benzene rings is 2. The summed E-state index contributed by atoms with van der Waals surface area (Å²) in [6.45, 7) is 2.50. The van der Waals surface area contributed by atoms with Crippen LogP contribution in [0.15, 0.2) is 66.2 Å². The van der Waals surface area contributed by atoms with E-state index in [2.05, 4.69) is 22.1 Å². The summed E-state index contributed by atoms with van der Waals surface area (Å²) in [5, 5.41) is 7.25. The second kappa shape index (κ2) is 8.94. The summed E-state index contributed by atoms with van der Waals surface area (Å²) < 4.78 is 1.06. The number of hydroxylamine groups is 2. The van der Waals surface area contributed by atoms with Crippen molar-refractivity contribution in [2.75, 3.05) is 17.7 Å². The van der Waals surface area contributed by atoms with Crippen molar-refractivity contribution in [1.29, 1.82) is 0 Å². The first-order chi connectivity index (χ1) is 16.1. The number of thiophene rings is 1. The molecule has 33 heavy (non-hydrogen) atoms. The normalized spacial score (nSPS) is 15.3. The number of fused-ring (bicyclic) bond motifs is 1. The Morgan fingerprint density at radius 1 is 1.18 bits per heavy atom. The number of carbonyl (C=O) groups excluding carboxylic acids is 1. The molecule has 0 spiro atoms. The summed E-state index contributed by atoms with van der Waals surface area (Å²) >= 11 is 1.59. The highest BCUT2D eigenvalue weighted by atomic mass is 32.1. The summed E-state index contributed by atoms with van der Waals surface area (Å²) in [4.78, 5) is 22.8. The van der Waals surface area contributed by atoms with Gasteiger partial charge in [0, 0.05) is 39.5 Å². The van der Waals surface area contributed by atoms with Crippen LogP contribution >= 0.6 is 11.3 Å². The Labute approximate surface area is 196 Å². The predicted molar refractivity (Wildman–Crippen MR) is 132 cm³/mol. The number of amides is 2. The number of aromatic nitrogens is 1. The van der Waals surface area contributed by atoms with Crippen LogP contribution in [0.25, 0.3) is 10.1 Å². The topological polar surface area (TPSA) is 80.5 Å². The Balaban J connectivity index is 1.37. The van der Waals surface area contributed by atoms with Gasteiger partial charge in [0.05, 0.1) is 18.0 Å². The lowest BCUT2D eigenvalue weighted by molar-refractivity contribution is -0.0829. The number of nitrogens with one attached hydrogen (secondary N) is 1. The van der Waals surface area contributed by atoms with Crippen LogP contribution < -0.4 is 11.1 Å². The highest BCUT2D eigenvalue weighted by Gasteiger charge is 2.31. The number of nitrogen functional groups attached to an aromatic ring is 1. The fraction of sp³-hybridized carbons (Fsp3) is 0.154. The van der Waals surface area contributed by atoms with Crippen molar-refractivity contribution < 1.29 is 9.63 Å². The highest BCUT2D eigenvalue weighted by Crippen LogP contribution is 2.31. The number of pyridine rings is 1. The molecule has 1 aliphatic rings. The lowest BCUT2D eigenvalue weighted by Gasteiger charge is -2.23.